The molecular weight excluding hydrogens is 240 g/mol. The first-order valence-corrected chi connectivity index (χ1v) is 8.09. The number of carbonyl (C=O) groups excluding carboxylic acids is 1. The summed E-state index contributed by atoms with van der Waals surface area (Å²) in [6.45, 7) is 2.70. The van der Waals surface area contributed by atoms with Gasteiger partial charge in [0.1, 0.15) is 0 Å². The van der Waals surface area contributed by atoms with Crippen LogP contribution in [0.25, 0.3) is 0 Å². The van der Waals surface area contributed by atoms with Crippen molar-refractivity contribution in [3.05, 3.63) is 0 Å². The Hall–Kier alpha value is -0.620. The number of rotatable bonds is 5. The SMILES string of the molecule is CCS(=O)(=O)CCNC(=O)C1CCCCCN1. The molecule has 1 unspecified atom stereocenters. The normalized spacial score (nSPS) is 21.8. The second-order valence-electron chi connectivity index (χ2n) is 4.38. The Balaban J connectivity index is 2.29. The Labute approximate surface area is 103 Å². The molecule has 0 saturated carbocycles. The van der Waals surface area contributed by atoms with Crippen LogP contribution in [0.15, 0.2) is 0 Å². The summed E-state index contributed by atoms with van der Waals surface area (Å²) in [5, 5.41) is 5.87. The molecule has 5 nitrogen and oxygen atoms in total. The summed E-state index contributed by atoms with van der Waals surface area (Å²) in [4.78, 5) is 11.8. The molecular formula is C11H22N2O3S. The lowest BCUT2D eigenvalue weighted by atomic mass is 10.1. The van der Waals surface area contributed by atoms with Crippen LogP contribution in [0.5, 0.6) is 0 Å². The van der Waals surface area contributed by atoms with Gasteiger partial charge in [-0.15, -0.1) is 0 Å². The Kier molecular flexibility index (Phi) is 5.91. The monoisotopic (exact) mass is 262 g/mol. The molecule has 1 saturated heterocycles. The molecule has 2 N–H and O–H groups in total. The van der Waals surface area contributed by atoms with Gasteiger partial charge in [0.15, 0.2) is 9.84 Å². The van der Waals surface area contributed by atoms with E-state index in [0.717, 1.165) is 32.2 Å². The van der Waals surface area contributed by atoms with Gasteiger partial charge in [-0.25, -0.2) is 8.42 Å². The van der Waals surface area contributed by atoms with Crippen molar-refractivity contribution in [2.45, 2.75) is 38.6 Å². The summed E-state index contributed by atoms with van der Waals surface area (Å²) >= 11 is 0. The van der Waals surface area contributed by atoms with Crippen LogP contribution in [0.1, 0.15) is 32.6 Å². The van der Waals surface area contributed by atoms with Crippen LogP contribution in [-0.2, 0) is 14.6 Å². The van der Waals surface area contributed by atoms with Crippen LogP contribution in [0, 0.1) is 0 Å². The van der Waals surface area contributed by atoms with Gasteiger partial charge in [0.05, 0.1) is 11.8 Å². The van der Waals surface area contributed by atoms with Crippen LogP contribution in [0.2, 0.25) is 0 Å². The largest absolute Gasteiger partial charge is 0.354 e. The second kappa shape index (κ2) is 6.96. The molecule has 1 aliphatic heterocycles. The average molecular weight is 262 g/mol. The minimum atomic E-state index is -2.99. The number of amides is 1. The van der Waals surface area contributed by atoms with E-state index >= 15 is 0 Å². The van der Waals surface area contributed by atoms with Gasteiger partial charge in [0, 0.05) is 12.3 Å². The fourth-order valence-electron chi connectivity index (χ4n) is 1.85. The van der Waals surface area contributed by atoms with Crippen molar-refractivity contribution in [2.75, 3.05) is 24.6 Å². The fraction of sp³-hybridized carbons (Fsp3) is 0.909. The van der Waals surface area contributed by atoms with Crippen molar-refractivity contribution >= 4 is 15.7 Å². The molecule has 0 aromatic heterocycles. The molecule has 0 aromatic rings. The highest BCUT2D eigenvalue weighted by atomic mass is 32.2. The quantitative estimate of drug-likeness (QED) is 0.735. The molecule has 6 heteroatoms. The van der Waals surface area contributed by atoms with Crippen molar-refractivity contribution in [1.29, 1.82) is 0 Å². The van der Waals surface area contributed by atoms with Crippen molar-refractivity contribution in [3.63, 3.8) is 0 Å². The van der Waals surface area contributed by atoms with Gasteiger partial charge in [-0.1, -0.05) is 19.8 Å². The molecule has 0 aliphatic carbocycles. The summed E-state index contributed by atoms with van der Waals surface area (Å²) in [6.07, 6.45) is 4.15. The third-order valence-corrected chi connectivity index (χ3v) is 4.73. The maximum Gasteiger partial charge on any atom is 0.237 e. The molecule has 1 rings (SSSR count). The first kappa shape index (κ1) is 14.4. The minimum Gasteiger partial charge on any atom is -0.354 e. The molecule has 1 aliphatic rings. The van der Waals surface area contributed by atoms with E-state index in [1.54, 1.807) is 6.92 Å². The van der Waals surface area contributed by atoms with Gasteiger partial charge in [0.2, 0.25) is 5.91 Å². The summed E-state index contributed by atoms with van der Waals surface area (Å²) in [6, 6.07) is -0.151. The van der Waals surface area contributed by atoms with Crippen LogP contribution in [0.4, 0.5) is 0 Å². The molecule has 0 aromatic carbocycles. The molecule has 0 spiro atoms. The van der Waals surface area contributed by atoms with E-state index in [0.29, 0.717) is 0 Å². The van der Waals surface area contributed by atoms with E-state index in [-0.39, 0.29) is 30.0 Å². The van der Waals surface area contributed by atoms with Crippen LogP contribution in [-0.4, -0.2) is 45.0 Å². The first-order valence-electron chi connectivity index (χ1n) is 6.26. The maximum atomic E-state index is 11.8. The Morgan fingerprint density at radius 2 is 2.12 bits per heavy atom. The van der Waals surface area contributed by atoms with Crippen LogP contribution < -0.4 is 10.6 Å². The van der Waals surface area contributed by atoms with Crippen molar-refractivity contribution in [2.24, 2.45) is 0 Å². The number of carbonyl (C=O) groups is 1. The van der Waals surface area contributed by atoms with Gasteiger partial charge < -0.3 is 10.6 Å². The molecule has 1 heterocycles. The minimum absolute atomic E-state index is 0.0297. The topological polar surface area (TPSA) is 75.3 Å². The molecule has 1 fully saturated rings. The number of hydrogen-bond donors (Lipinski definition) is 2. The number of nitrogens with one attached hydrogen (secondary N) is 2. The Morgan fingerprint density at radius 3 is 2.82 bits per heavy atom. The van der Waals surface area contributed by atoms with E-state index in [9.17, 15) is 13.2 Å². The standard InChI is InChI=1S/C11H22N2O3S/c1-2-17(15,16)9-8-13-11(14)10-6-4-3-5-7-12-10/h10,12H,2-9H2,1H3,(H,13,14). The summed E-state index contributed by atoms with van der Waals surface area (Å²) in [5.74, 6) is 0.0881. The van der Waals surface area contributed by atoms with Gasteiger partial charge >= 0.3 is 0 Å². The van der Waals surface area contributed by atoms with E-state index in [1.165, 1.54) is 0 Å². The zero-order valence-corrected chi connectivity index (χ0v) is 11.2. The third kappa shape index (κ3) is 5.50. The predicted molar refractivity (Wildman–Crippen MR) is 67.6 cm³/mol. The highest BCUT2D eigenvalue weighted by Gasteiger charge is 2.19. The molecule has 100 valence electrons. The Bertz CT molecular complexity index is 333. The highest BCUT2D eigenvalue weighted by Crippen LogP contribution is 2.08. The van der Waals surface area contributed by atoms with Gasteiger partial charge in [-0.3, -0.25) is 4.79 Å². The molecule has 0 radical (unpaired) electrons. The smallest absolute Gasteiger partial charge is 0.237 e. The van der Waals surface area contributed by atoms with E-state index in [2.05, 4.69) is 10.6 Å². The molecule has 0 bridgehead atoms. The predicted octanol–water partition coefficient (Wildman–Crippen LogP) is 0.0695. The average Bonchev–Trinajstić information content (AvgIpc) is 2.57. The fourth-order valence-corrected chi connectivity index (χ4v) is 2.55. The summed E-state index contributed by atoms with van der Waals surface area (Å²) < 4.78 is 22.5. The van der Waals surface area contributed by atoms with Crippen molar-refractivity contribution in [3.8, 4) is 0 Å². The van der Waals surface area contributed by atoms with Crippen LogP contribution in [0.3, 0.4) is 0 Å². The lowest BCUT2D eigenvalue weighted by molar-refractivity contribution is -0.123. The van der Waals surface area contributed by atoms with Gasteiger partial charge in [-0.05, 0) is 19.4 Å². The lowest BCUT2D eigenvalue weighted by Crippen LogP contribution is -2.45. The zero-order valence-electron chi connectivity index (χ0n) is 10.4. The number of hydrogen-bond acceptors (Lipinski definition) is 4. The first-order chi connectivity index (χ1) is 8.05. The molecule has 1 amide bonds. The van der Waals surface area contributed by atoms with Crippen molar-refractivity contribution < 1.29 is 13.2 Å². The highest BCUT2D eigenvalue weighted by molar-refractivity contribution is 7.91. The third-order valence-electron chi connectivity index (χ3n) is 3.03. The maximum absolute atomic E-state index is 11.8. The Morgan fingerprint density at radius 1 is 1.35 bits per heavy atom. The lowest BCUT2D eigenvalue weighted by Gasteiger charge is -2.15. The summed E-state index contributed by atoms with van der Waals surface area (Å²) in [5.41, 5.74) is 0. The summed E-state index contributed by atoms with van der Waals surface area (Å²) in [7, 11) is -2.99. The van der Waals surface area contributed by atoms with Crippen molar-refractivity contribution in [1.82, 2.24) is 10.6 Å². The van der Waals surface area contributed by atoms with E-state index in [1.807, 2.05) is 0 Å². The van der Waals surface area contributed by atoms with E-state index < -0.39 is 9.84 Å². The van der Waals surface area contributed by atoms with Gasteiger partial charge in [0.25, 0.3) is 0 Å². The second-order valence-corrected chi connectivity index (χ2v) is 6.86. The number of sulfone groups is 1. The zero-order chi connectivity index (χ0) is 12.7. The molecule has 1 atom stereocenters. The van der Waals surface area contributed by atoms with E-state index in [4.69, 9.17) is 0 Å². The molecule has 17 heavy (non-hydrogen) atoms. The van der Waals surface area contributed by atoms with Crippen LogP contribution >= 0.6 is 0 Å². The van der Waals surface area contributed by atoms with Gasteiger partial charge in [-0.2, -0.15) is 0 Å².